The van der Waals surface area contributed by atoms with Gasteiger partial charge in [-0.15, -0.1) is 0 Å². The summed E-state index contributed by atoms with van der Waals surface area (Å²) >= 11 is 0. The van der Waals surface area contributed by atoms with Crippen LogP contribution in [0.15, 0.2) is 158 Å². The molecule has 0 spiro atoms. The molecule has 256 valence electrons. The van der Waals surface area contributed by atoms with E-state index in [0.29, 0.717) is 0 Å². The van der Waals surface area contributed by atoms with Gasteiger partial charge in [0.15, 0.2) is 5.82 Å². The Morgan fingerprint density at radius 1 is 0.491 bits per heavy atom. The van der Waals surface area contributed by atoms with Gasteiger partial charge in [-0.05, 0) is 69.4 Å². The third kappa shape index (κ3) is 3.57. The van der Waals surface area contributed by atoms with Crippen LogP contribution in [0.5, 0.6) is 0 Å². The highest BCUT2D eigenvalue weighted by Crippen LogP contribution is 2.55. The van der Waals surface area contributed by atoms with Crippen LogP contribution in [-0.2, 0) is 5.41 Å². The monoisotopic (exact) mass is 700 g/mol. The minimum atomic E-state index is -0.150. The molecule has 0 unspecified atom stereocenters. The molecule has 1 aliphatic carbocycles. The average molecular weight is 701 g/mol. The maximum atomic E-state index is 5.55. The Labute approximate surface area is 315 Å². The zero-order valence-electron chi connectivity index (χ0n) is 30.3. The first-order valence-corrected chi connectivity index (χ1v) is 19.1. The SMILES string of the molecule is CC1(C)c2ccccc2-c2cc3c4cccc5c4c4c(cccc4n4c6ccccc6c(c21)c34)n5-c1nc2ccc3ccccc3c2nc1-c1ccccc1. The maximum Gasteiger partial charge on any atom is 0.165 e. The fourth-order valence-electron chi connectivity index (χ4n) is 10.3. The summed E-state index contributed by atoms with van der Waals surface area (Å²) in [5, 5.41) is 9.89. The highest BCUT2D eigenvalue weighted by molar-refractivity contribution is 6.32. The van der Waals surface area contributed by atoms with Gasteiger partial charge in [0.2, 0.25) is 0 Å². The van der Waals surface area contributed by atoms with Gasteiger partial charge in [0.1, 0.15) is 5.69 Å². The van der Waals surface area contributed by atoms with E-state index in [-0.39, 0.29) is 5.41 Å². The molecule has 0 aliphatic heterocycles. The van der Waals surface area contributed by atoms with Crippen LogP contribution < -0.4 is 0 Å². The van der Waals surface area contributed by atoms with Gasteiger partial charge in [-0.2, -0.15) is 0 Å². The van der Waals surface area contributed by atoms with Crippen molar-refractivity contribution < 1.29 is 0 Å². The van der Waals surface area contributed by atoms with Crippen molar-refractivity contribution in [1.82, 2.24) is 18.9 Å². The quantitative estimate of drug-likeness (QED) is 0.168. The van der Waals surface area contributed by atoms with Gasteiger partial charge in [-0.1, -0.05) is 135 Å². The van der Waals surface area contributed by atoms with E-state index in [0.717, 1.165) is 49.9 Å². The third-order valence-electron chi connectivity index (χ3n) is 12.6. The standard InChI is InChI=1S/C51H32N4/c1-51(2)37-21-10-8-18-32(37)35-28-36-33-20-12-23-40-43(33)45-41(54-39-22-11-9-19-34(39)44(46(35)51)49(36)54)24-13-25-42(45)55(40)50-47(30-15-4-3-5-16-30)53-48-31-17-7-6-14-29(31)26-27-38(48)52-50/h3-28H,1-2H3. The van der Waals surface area contributed by atoms with Crippen LogP contribution in [0.2, 0.25) is 0 Å². The lowest BCUT2D eigenvalue weighted by molar-refractivity contribution is 0.667. The molecule has 0 fully saturated rings. The Morgan fingerprint density at radius 2 is 1.18 bits per heavy atom. The van der Waals surface area contributed by atoms with Gasteiger partial charge in [0.25, 0.3) is 0 Å². The second kappa shape index (κ2) is 10.1. The molecule has 4 nitrogen and oxygen atoms in total. The second-order valence-electron chi connectivity index (χ2n) is 15.7. The molecule has 1 aliphatic rings. The number of benzene rings is 8. The Hall–Kier alpha value is -7.04. The van der Waals surface area contributed by atoms with Crippen LogP contribution in [0.1, 0.15) is 25.0 Å². The highest BCUT2D eigenvalue weighted by Gasteiger charge is 2.39. The largest absolute Gasteiger partial charge is 0.308 e. The van der Waals surface area contributed by atoms with Gasteiger partial charge >= 0.3 is 0 Å². The molecule has 0 atom stereocenters. The summed E-state index contributed by atoms with van der Waals surface area (Å²) in [5.74, 6) is 0.830. The lowest BCUT2D eigenvalue weighted by Gasteiger charge is -2.23. The fourth-order valence-corrected chi connectivity index (χ4v) is 10.3. The minimum absolute atomic E-state index is 0.150. The molecule has 0 radical (unpaired) electrons. The normalized spacial score (nSPS) is 13.8. The molecule has 12 aromatic rings. The number of nitrogens with zero attached hydrogens (tertiary/aromatic N) is 4. The number of para-hydroxylation sites is 1. The van der Waals surface area contributed by atoms with Crippen molar-refractivity contribution in [3.05, 3.63) is 169 Å². The lowest BCUT2D eigenvalue weighted by Crippen LogP contribution is -2.15. The average Bonchev–Trinajstić information content (AvgIpc) is 3.80. The zero-order chi connectivity index (χ0) is 36.2. The van der Waals surface area contributed by atoms with E-state index in [4.69, 9.17) is 9.97 Å². The van der Waals surface area contributed by atoms with E-state index in [1.807, 2.05) is 0 Å². The van der Waals surface area contributed by atoms with E-state index in [1.165, 1.54) is 71.1 Å². The molecule has 0 N–H and O–H groups in total. The first kappa shape index (κ1) is 29.4. The summed E-state index contributed by atoms with van der Waals surface area (Å²) < 4.78 is 4.93. The molecule has 0 saturated carbocycles. The number of aromatic nitrogens is 4. The molecule has 55 heavy (non-hydrogen) atoms. The van der Waals surface area contributed by atoms with Crippen molar-refractivity contribution in [2.75, 3.05) is 0 Å². The van der Waals surface area contributed by atoms with E-state index < -0.39 is 0 Å². The van der Waals surface area contributed by atoms with E-state index >= 15 is 0 Å². The molecular formula is C51H32N4. The van der Waals surface area contributed by atoms with Crippen molar-refractivity contribution in [2.24, 2.45) is 0 Å². The topological polar surface area (TPSA) is 35.1 Å². The summed E-state index contributed by atoms with van der Waals surface area (Å²) in [6, 6.07) is 57.4. The summed E-state index contributed by atoms with van der Waals surface area (Å²) in [6.45, 7) is 4.80. The summed E-state index contributed by atoms with van der Waals surface area (Å²) in [4.78, 5) is 11.1. The Balaban J connectivity index is 1.26. The van der Waals surface area contributed by atoms with Gasteiger partial charge in [0.05, 0.1) is 38.6 Å². The van der Waals surface area contributed by atoms with E-state index in [2.05, 4.69) is 181 Å². The molecule has 0 amide bonds. The molecule has 0 saturated heterocycles. The molecule has 8 aromatic carbocycles. The molecule has 0 bridgehead atoms. The third-order valence-corrected chi connectivity index (χ3v) is 12.6. The van der Waals surface area contributed by atoms with Crippen molar-refractivity contribution in [1.29, 1.82) is 0 Å². The zero-order valence-corrected chi connectivity index (χ0v) is 30.3. The second-order valence-corrected chi connectivity index (χ2v) is 15.7. The van der Waals surface area contributed by atoms with Gasteiger partial charge in [0, 0.05) is 43.3 Å². The summed E-state index contributed by atoms with van der Waals surface area (Å²) in [7, 11) is 0. The van der Waals surface area contributed by atoms with Crippen LogP contribution >= 0.6 is 0 Å². The summed E-state index contributed by atoms with van der Waals surface area (Å²) in [5.41, 5.74) is 15.0. The summed E-state index contributed by atoms with van der Waals surface area (Å²) in [6.07, 6.45) is 0. The van der Waals surface area contributed by atoms with E-state index in [1.54, 1.807) is 0 Å². The fraction of sp³-hybridized carbons (Fsp3) is 0.0588. The molecule has 4 heteroatoms. The van der Waals surface area contributed by atoms with Gasteiger partial charge in [-0.3, -0.25) is 4.57 Å². The highest BCUT2D eigenvalue weighted by atomic mass is 15.1. The predicted molar refractivity (Wildman–Crippen MR) is 229 cm³/mol. The smallest absolute Gasteiger partial charge is 0.165 e. The maximum absolute atomic E-state index is 5.55. The van der Waals surface area contributed by atoms with E-state index in [9.17, 15) is 0 Å². The molecule has 13 rings (SSSR count). The van der Waals surface area contributed by atoms with Crippen LogP contribution in [0.25, 0.3) is 110 Å². The van der Waals surface area contributed by atoms with Gasteiger partial charge in [-0.25, -0.2) is 9.97 Å². The number of hydrogen-bond acceptors (Lipinski definition) is 2. The molecule has 4 heterocycles. The first-order chi connectivity index (χ1) is 27.1. The van der Waals surface area contributed by atoms with Crippen LogP contribution in [0, 0.1) is 0 Å². The van der Waals surface area contributed by atoms with Crippen LogP contribution in [0.4, 0.5) is 0 Å². The van der Waals surface area contributed by atoms with Crippen molar-refractivity contribution in [3.8, 4) is 28.2 Å². The number of hydrogen-bond donors (Lipinski definition) is 0. The minimum Gasteiger partial charge on any atom is -0.308 e. The van der Waals surface area contributed by atoms with Crippen molar-refractivity contribution in [3.63, 3.8) is 0 Å². The Kier molecular flexibility index (Phi) is 5.42. The lowest BCUT2D eigenvalue weighted by atomic mass is 9.80. The van der Waals surface area contributed by atoms with Crippen LogP contribution in [0.3, 0.4) is 0 Å². The van der Waals surface area contributed by atoms with Gasteiger partial charge < -0.3 is 4.40 Å². The number of rotatable bonds is 2. The molecule has 4 aromatic heterocycles. The van der Waals surface area contributed by atoms with Crippen LogP contribution in [-0.4, -0.2) is 18.9 Å². The molecular weight excluding hydrogens is 669 g/mol. The predicted octanol–water partition coefficient (Wildman–Crippen LogP) is 13.0. The Morgan fingerprint density at radius 3 is 2.07 bits per heavy atom. The van der Waals surface area contributed by atoms with Crippen molar-refractivity contribution >= 4 is 81.7 Å². The van der Waals surface area contributed by atoms with Crippen molar-refractivity contribution in [2.45, 2.75) is 19.3 Å². The first-order valence-electron chi connectivity index (χ1n) is 19.1. The number of fused-ring (bicyclic) bond motifs is 12. The Bertz CT molecular complexity index is 3620.